The fraction of sp³-hybridized carbons (Fsp3) is 0.594. The number of hydrogen-bond donors (Lipinski definition) is 2. The van der Waals surface area contributed by atoms with E-state index >= 15 is 0 Å². The van der Waals surface area contributed by atoms with Crippen LogP contribution in [0.25, 0.3) is 33.3 Å². The number of nitrogens with zero attached hydrogens (tertiary/aromatic N) is 7. The molecular formula is C32H44Cl2N8O4Si. The summed E-state index contributed by atoms with van der Waals surface area (Å²) >= 11 is 13.6. The third-order valence-electron chi connectivity index (χ3n) is 8.80. The van der Waals surface area contributed by atoms with E-state index in [1.807, 2.05) is 32.9 Å². The van der Waals surface area contributed by atoms with Gasteiger partial charge in [-0.2, -0.15) is 10.2 Å². The molecule has 4 aromatic rings. The average molecular weight is 704 g/mol. The van der Waals surface area contributed by atoms with Gasteiger partial charge in [0, 0.05) is 45.4 Å². The predicted octanol–water partition coefficient (Wildman–Crippen LogP) is 6.52. The number of aromatic nitrogens is 6. The largest absolute Gasteiger partial charge is 0.444 e. The van der Waals surface area contributed by atoms with Crippen molar-refractivity contribution in [3.63, 3.8) is 0 Å². The minimum Gasteiger partial charge on any atom is -0.444 e. The molecule has 0 aliphatic carbocycles. The van der Waals surface area contributed by atoms with E-state index in [9.17, 15) is 9.90 Å². The molecule has 254 valence electrons. The van der Waals surface area contributed by atoms with Crippen molar-refractivity contribution in [2.24, 2.45) is 7.05 Å². The summed E-state index contributed by atoms with van der Waals surface area (Å²) < 4.78 is 15.0. The lowest BCUT2D eigenvalue weighted by Crippen LogP contribution is -2.51. The number of piperidine rings is 1. The molecule has 0 radical (unpaired) electrons. The first-order chi connectivity index (χ1) is 22.1. The van der Waals surface area contributed by atoms with Crippen molar-refractivity contribution < 1.29 is 19.4 Å². The van der Waals surface area contributed by atoms with Crippen LogP contribution in [0.1, 0.15) is 52.1 Å². The lowest BCUT2D eigenvalue weighted by Gasteiger charge is -2.40. The van der Waals surface area contributed by atoms with Crippen molar-refractivity contribution >= 4 is 65.3 Å². The second kappa shape index (κ2) is 12.8. The highest BCUT2D eigenvalue weighted by Crippen LogP contribution is 2.42. The van der Waals surface area contributed by atoms with E-state index in [0.29, 0.717) is 61.6 Å². The topological polar surface area (TPSA) is 132 Å². The molecule has 1 aromatic carbocycles. The average Bonchev–Trinajstić information content (AvgIpc) is 3.57. The number of hydrogen-bond acceptors (Lipinski definition) is 9. The number of alkyl carbamates (subject to hydrolysis) is 1. The highest BCUT2D eigenvalue weighted by atomic mass is 35.5. The molecule has 2 aliphatic rings. The maximum atomic E-state index is 12.6. The summed E-state index contributed by atoms with van der Waals surface area (Å²) in [6, 6.07) is 4.98. The molecule has 1 amide bonds. The lowest BCUT2D eigenvalue weighted by atomic mass is 9.97. The molecule has 5 heterocycles. The molecule has 0 unspecified atom stereocenters. The van der Waals surface area contributed by atoms with Gasteiger partial charge in [0.1, 0.15) is 34.4 Å². The van der Waals surface area contributed by atoms with E-state index in [4.69, 9.17) is 47.7 Å². The number of ether oxygens (including phenoxy) is 2. The number of aliphatic hydroxyl groups is 1. The number of carbonyl (C=O) groups excluding carboxylic acids is 1. The molecule has 47 heavy (non-hydrogen) atoms. The first kappa shape index (κ1) is 33.9. The Balaban J connectivity index is 1.38. The number of carbonyl (C=O) groups is 1. The Bertz CT molecular complexity index is 1800. The Morgan fingerprint density at radius 3 is 2.45 bits per heavy atom. The van der Waals surface area contributed by atoms with E-state index in [1.54, 1.807) is 16.4 Å². The number of benzene rings is 1. The van der Waals surface area contributed by atoms with Gasteiger partial charge < -0.3 is 24.8 Å². The summed E-state index contributed by atoms with van der Waals surface area (Å²) in [6.45, 7) is 13.0. The van der Waals surface area contributed by atoms with Gasteiger partial charge in [0.15, 0.2) is 11.5 Å². The molecule has 2 bridgehead atoms. The van der Waals surface area contributed by atoms with Crippen molar-refractivity contribution in [3.8, 4) is 11.3 Å². The van der Waals surface area contributed by atoms with Crippen molar-refractivity contribution in [2.75, 3.05) is 11.5 Å². The smallest absolute Gasteiger partial charge is 0.407 e. The first-order valence-electron chi connectivity index (χ1n) is 16.2. The Morgan fingerprint density at radius 1 is 1.11 bits per heavy atom. The van der Waals surface area contributed by atoms with Crippen molar-refractivity contribution in [1.82, 2.24) is 34.8 Å². The molecule has 2 aliphatic heterocycles. The van der Waals surface area contributed by atoms with Crippen LogP contribution in [0.3, 0.4) is 0 Å². The van der Waals surface area contributed by atoms with Crippen LogP contribution in [-0.4, -0.2) is 79.1 Å². The summed E-state index contributed by atoms with van der Waals surface area (Å²) in [6.07, 6.45) is 2.99. The van der Waals surface area contributed by atoms with Gasteiger partial charge in [-0.25, -0.2) is 19.4 Å². The SMILES string of the molecule is Cn1nc2ccc(-c3nn(COCC[Si](C)(C)C)c4nc(N5[C@@H]6CC[C@H]5C[C@H](NC(=O)OC(C)(C)C)C6)c(CO)nc34)c(Cl)c2c1Cl. The van der Waals surface area contributed by atoms with Gasteiger partial charge in [-0.05, 0) is 64.6 Å². The normalized spacial score (nSPS) is 20.0. The van der Waals surface area contributed by atoms with Crippen molar-refractivity contribution in [3.05, 3.63) is 28.0 Å². The van der Waals surface area contributed by atoms with E-state index in [0.717, 1.165) is 31.7 Å². The minimum atomic E-state index is -1.30. The van der Waals surface area contributed by atoms with Crippen molar-refractivity contribution in [2.45, 2.75) is 109 Å². The summed E-state index contributed by atoms with van der Waals surface area (Å²) in [7, 11) is 0.465. The van der Waals surface area contributed by atoms with Gasteiger partial charge in [0.25, 0.3) is 0 Å². The van der Waals surface area contributed by atoms with Crippen LogP contribution in [-0.2, 0) is 29.9 Å². The number of fused-ring (bicyclic) bond motifs is 4. The van der Waals surface area contributed by atoms with Crippen LogP contribution < -0.4 is 10.2 Å². The zero-order valence-corrected chi connectivity index (χ0v) is 30.6. The zero-order chi connectivity index (χ0) is 33.8. The molecule has 3 atom stereocenters. The van der Waals surface area contributed by atoms with E-state index in [2.05, 4.69) is 35.0 Å². The maximum Gasteiger partial charge on any atom is 0.407 e. The fourth-order valence-corrected chi connectivity index (χ4v) is 8.00. The van der Waals surface area contributed by atoms with Gasteiger partial charge in [-0.15, -0.1) is 0 Å². The second-order valence-corrected chi connectivity index (χ2v) is 21.2. The van der Waals surface area contributed by atoms with E-state index in [1.165, 1.54) is 0 Å². The molecule has 2 fully saturated rings. The summed E-state index contributed by atoms with van der Waals surface area (Å²) in [5.74, 6) is 0.634. The predicted molar refractivity (Wildman–Crippen MR) is 187 cm³/mol. The third kappa shape index (κ3) is 6.96. The Kier molecular flexibility index (Phi) is 9.24. The highest BCUT2D eigenvalue weighted by molar-refractivity contribution is 6.76. The molecule has 12 nitrogen and oxygen atoms in total. The van der Waals surface area contributed by atoms with Gasteiger partial charge in [0.05, 0.1) is 22.5 Å². The van der Waals surface area contributed by atoms with Crippen LogP contribution >= 0.6 is 23.2 Å². The third-order valence-corrected chi connectivity index (χ3v) is 11.3. The zero-order valence-electron chi connectivity index (χ0n) is 28.1. The van der Waals surface area contributed by atoms with Crippen LogP contribution in [0.15, 0.2) is 12.1 Å². The molecule has 0 spiro atoms. The number of aryl methyl sites for hydroxylation is 1. The number of nitrogens with one attached hydrogen (secondary N) is 1. The molecule has 2 saturated heterocycles. The first-order valence-corrected chi connectivity index (χ1v) is 20.6. The molecule has 0 saturated carbocycles. The molecule has 6 rings (SSSR count). The summed E-state index contributed by atoms with van der Waals surface area (Å²) in [5, 5.41) is 24.6. The Hall–Kier alpha value is -2.97. The number of rotatable bonds is 9. The monoisotopic (exact) mass is 702 g/mol. The van der Waals surface area contributed by atoms with Crippen LogP contribution in [0.5, 0.6) is 0 Å². The second-order valence-electron chi connectivity index (χ2n) is 14.9. The maximum absolute atomic E-state index is 12.6. The molecule has 3 aromatic heterocycles. The standard InChI is InChI=1S/C32H44Cl2N8O4Si/c1-32(2,3)46-31(44)35-18-14-19-8-9-20(15-18)42(19)29-23(16-43)36-27-26(21-10-11-22-24(25(21)33)28(34)40(4)38-22)39-41(30(27)37-29)17-45-12-13-47(5,6)7/h10-11,18-20,43H,8-9,12-17H2,1-7H3,(H,35,44)/t18-,19-,20+. The van der Waals surface area contributed by atoms with Crippen LogP contribution in [0, 0.1) is 0 Å². The molecule has 15 heteroatoms. The van der Waals surface area contributed by atoms with Gasteiger partial charge in [-0.3, -0.25) is 4.68 Å². The van der Waals surface area contributed by atoms with Gasteiger partial charge in [-0.1, -0.05) is 42.8 Å². The Morgan fingerprint density at radius 2 is 1.81 bits per heavy atom. The highest BCUT2D eigenvalue weighted by Gasteiger charge is 2.43. The van der Waals surface area contributed by atoms with E-state index < -0.39 is 19.8 Å². The quantitative estimate of drug-likeness (QED) is 0.148. The summed E-state index contributed by atoms with van der Waals surface area (Å²) in [4.78, 5) is 25.0. The summed E-state index contributed by atoms with van der Waals surface area (Å²) in [5.41, 5.74) is 2.80. The Labute approximate surface area is 285 Å². The van der Waals surface area contributed by atoms with Crippen molar-refractivity contribution in [1.29, 1.82) is 0 Å². The number of aliphatic hydroxyl groups excluding tert-OH is 1. The number of amides is 1. The lowest BCUT2D eigenvalue weighted by molar-refractivity contribution is 0.0492. The minimum absolute atomic E-state index is 0.0128. The van der Waals surface area contributed by atoms with Crippen LogP contribution in [0.4, 0.5) is 10.6 Å². The van der Waals surface area contributed by atoms with Gasteiger partial charge in [0.2, 0.25) is 0 Å². The number of halogens is 2. The number of anilines is 1. The molecular weight excluding hydrogens is 659 g/mol. The van der Waals surface area contributed by atoms with Crippen LogP contribution in [0.2, 0.25) is 35.9 Å². The van der Waals surface area contributed by atoms with Gasteiger partial charge >= 0.3 is 6.09 Å². The fourth-order valence-electron chi connectivity index (χ4n) is 6.63. The van der Waals surface area contributed by atoms with E-state index in [-0.39, 0.29) is 31.5 Å². The molecule has 2 N–H and O–H groups in total.